The van der Waals surface area contributed by atoms with Crippen molar-refractivity contribution in [3.63, 3.8) is 0 Å². The predicted octanol–water partition coefficient (Wildman–Crippen LogP) is 1.46. The van der Waals surface area contributed by atoms with Gasteiger partial charge in [0.15, 0.2) is 0 Å². The van der Waals surface area contributed by atoms with E-state index in [2.05, 4.69) is 11.8 Å². The summed E-state index contributed by atoms with van der Waals surface area (Å²) in [5.74, 6) is 1.79. The molecule has 0 aromatic carbocycles. The van der Waals surface area contributed by atoms with E-state index in [1.54, 1.807) is 0 Å². The van der Waals surface area contributed by atoms with Crippen molar-refractivity contribution in [1.29, 1.82) is 0 Å². The number of rotatable bonds is 3. The molecule has 0 unspecified atom stereocenters. The van der Waals surface area contributed by atoms with Gasteiger partial charge in [0, 0.05) is 6.04 Å². The van der Waals surface area contributed by atoms with Crippen LogP contribution in [0.3, 0.4) is 0 Å². The Balaban J connectivity index is 2.01. The number of piperidine rings is 1. The Kier molecular flexibility index (Phi) is 2.89. The Morgan fingerprint density at radius 3 is 2.62 bits per heavy atom. The Morgan fingerprint density at radius 1 is 1.31 bits per heavy atom. The molecule has 1 saturated carbocycles. The minimum absolute atomic E-state index is 0.793. The van der Waals surface area contributed by atoms with Crippen LogP contribution in [0.4, 0.5) is 0 Å². The summed E-state index contributed by atoms with van der Waals surface area (Å²) in [6.07, 6.45) is 5.64. The quantitative estimate of drug-likeness (QED) is 0.716. The van der Waals surface area contributed by atoms with Gasteiger partial charge in [-0.25, -0.2) is 0 Å². The third-order valence-corrected chi connectivity index (χ3v) is 3.74. The number of nitrogens with two attached hydrogens (primary N) is 1. The summed E-state index contributed by atoms with van der Waals surface area (Å²) >= 11 is 0. The lowest BCUT2D eigenvalue weighted by molar-refractivity contribution is 0.0856. The molecule has 0 radical (unpaired) electrons. The molecule has 0 bridgehead atoms. The predicted molar refractivity (Wildman–Crippen MR) is 55.5 cm³/mol. The number of hydrogen-bond donors (Lipinski definition) is 1. The molecule has 0 aromatic rings. The van der Waals surface area contributed by atoms with E-state index >= 15 is 0 Å². The van der Waals surface area contributed by atoms with Crippen LogP contribution in [0.15, 0.2) is 0 Å². The van der Waals surface area contributed by atoms with Crippen LogP contribution in [0.1, 0.15) is 32.6 Å². The van der Waals surface area contributed by atoms with E-state index in [0.717, 1.165) is 24.4 Å². The maximum Gasteiger partial charge on any atom is 0.0164 e. The summed E-state index contributed by atoms with van der Waals surface area (Å²) in [6, 6.07) is 0.837. The molecule has 2 rings (SSSR count). The number of nitrogens with zero attached hydrogens (tertiary/aromatic N) is 1. The zero-order chi connectivity index (χ0) is 9.26. The second-order valence-corrected chi connectivity index (χ2v) is 4.59. The molecule has 1 aliphatic heterocycles. The summed E-state index contributed by atoms with van der Waals surface area (Å²) in [5.41, 5.74) is 5.85. The first-order valence-electron chi connectivity index (χ1n) is 5.81. The molecule has 1 aliphatic carbocycles. The molecule has 2 nitrogen and oxygen atoms in total. The Hall–Kier alpha value is -0.0800. The fourth-order valence-corrected chi connectivity index (χ4v) is 2.92. The van der Waals surface area contributed by atoms with E-state index in [4.69, 9.17) is 5.73 Å². The van der Waals surface area contributed by atoms with E-state index < -0.39 is 0 Å². The Labute approximate surface area is 81.5 Å². The van der Waals surface area contributed by atoms with Crippen molar-refractivity contribution in [2.75, 3.05) is 19.6 Å². The molecule has 2 atom stereocenters. The van der Waals surface area contributed by atoms with Gasteiger partial charge >= 0.3 is 0 Å². The first-order chi connectivity index (χ1) is 6.36. The number of hydrogen-bond acceptors (Lipinski definition) is 2. The monoisotopic (exact) mass is 182 g/mol. The van der Waals surface area contributed by atoms with Crippen molar-refractivity contribution in [3.05, 3.63) is 0 Å². The highest BCUT2D eigenvalue weighted by Crippen LogP contribution is 2.41. The molecule has 0 amide bonds. The fraction of sp³-hybridized carbons (Fsp3) is 1.00. The molecular weight excluding hydrogens is 160 g/mol. The summed E-state index contributed by atoms with van der Waals surface area (Å²) in [7, 11) is 0. The molecule has 13 heavy (non-hydrogen) atoms. The van der Waals surface area contributed by atoms with E-state index in [-0.39, 0.29) is 0 Å². The molecule has 1 saturated heterocycles. The van der Waals surface area contributed by atoms with Crippen LogP contribution >= 0.6 is 0 Å². The van der Waals surface area contributed by atoms with E-state index in [0.29, 0.717) is 0 Å². The Morgan fingerprint density at radius 2 is 2.08 bits per heavy atom. The maximum absolute atomic E-state index is 5.85. The molecule has 1 heterocycles. The van der Waals surface area contributed by atoms with Crippen LogP contribution in [0.5, 0.6) is 0 Å². The Bertz CT molecular complexity index is 153. The molecule has 2 aliphatic rings. The second-order valence-electron chi connectivity index (χ2n) is 4.59. The number of likely N-dealkylation sites (tertiary alicyclic amines) is 1. The van der Waals surface area contributed by atoms with Crippen LogP contribution < -0.4 is 5.73 Å². The third-order valence-electron chi connectivity index (χ3n) is 3.74. The van der Waals surface area contributed by atoms with Gasteiger partial charge in [-0.15, -0.1) is 0 Å². The van der Waals surface area contributed by atoms with Gasteiger partial charge in [-0.05, 0) is 57.2 Å². The van der Waals surface area contributed by atoms with Crippen LogP contribution in [-0.2, 0) is 0 Å². The highest BCUT2D eigenvalue weighted by atomic mass is 15.2. The molecule has 2 heteroatoms. The zero-order valence-corrected chi connectivity index (χ0v) is 8.71. The van der Waals surface area contributed by atoms with Crippen LogP contribution in [-0.4, -0.2) is 30.6 Å². The molecule has 2 fully saturated rings. The minimum atomic E-state index is 0.793. The standard InChI is InChI=1S/C11H22N2/c1-2-13-7-3-4-10(8-12)11(13)9-5-6-9/h9-11H,2-8,12H2,1H3/t10-,11-/m1/s1. The van der Waals surface area contributed by atoms with Gasteiger partial charge in [0.25, 0.3) is 0 Å². The first kappa shape index (κ1) is 9.47. The van der Waals surface area contributed by atoms with Crippen molar-refractivity contribution in [3.8, 4) is 0 Å². The molecule has 0 aromatic heterocycles. The SMILES string of the molecule is CCN1CCC[C@H](CN)[C@H]1C1CC1. The van der Waals surface area contributed by atoms with Gasteiger partial charge in [-0.2, -0.15) is 0 Å². The average Bonchev–Trinajstić information content (AvgIpc) is 3.00. The second kappa shape index (κ2) is 3.97. The minimum Gasteiger partial charge on any atom is -0.330 e. The van der Waals surface area contributed by atoms with Crippen molar-refractivity contribution >= 4 is 0 Å². The van der Waals surface area contributed by atoms with Crippen LogP contribution in [0.2, 0.25) is 0 Å². The molecule has 76 valence electrons. The first-order valence-corrected chi connectivity index (χ1v) is 5.81. The van der Waals surface area contributed by atoms with Gasteiger partial charge < -0.3 is 10.6 Å². The highest BCUT2D eigenvalue weighted by molar-refractivity contribution is 4.94. The fourth-order valence-electron chi connectivity index (χ4n) is 2.92. The van der Waals surface area contributed by atoms with E-state index in [9.17, 15) is 0 Å². The third kappa shape index (κ3) is 1.89. The maximum atomic E-state index is 5.85. The average molecular weight is 182 g/mol. The van der Waals surface area contributed by atoms with Gasteiger partial charge in [0.1, 0.15) is 0 Å². The largest absolute Gasteiger partial charge is 0.330 e. The highest BCUT2D eigenvalue weighted by Gasteiger charge is 2.40. The lowest BCUT2D eigenvalue weighted by atomic mass is 9.86. The molecule has 0 spiro atoms. The normalized spacial score (nSPS) is 36.5. The van der Waals surface area contributed by atoms with Crippen LogP contribution in [0.25, 0.3) is 0 Å². The van der Waals surface area contributed by atoms with Gasteiger partial charge in [0.05, 0.1) is 0 Å². The summed E-state index contributed by atoms with van der Waals surface area (Å²) in [5, 5.41) is 0. The zero-order valence-electron chi connectivity index (χ0n) is 8.71. The van der Waals surface area contributed by atoms with Crippen LogP contribution in [0, 0.1) is 11.8 Å². The summed E-state index contributed by atoms with van der Waals surface area (Å²) in [6.45, 7) is 5.72. The smallest absolute Gasteiger partial charge is 0.0164 e. The lowest BCUT2D eigenvalue weighted by Crippen LogP contribution is -2.48. The molecular formula is C11H22N2. The van der Waals surface area contributed by atoms with Crippen molar-refractivity contribution in [1.82, 2.24) is 4.90 Å². The summed E-state index contributed by atoms with van der Waals surface area (Å²) in [4.78, 5) is 2.67. The van der Waals surface area contributed by atoms with Crippen molar-refractivity contribution in [2.45, 2.75) is 38.6 Å². The molecule has 2 N–H and O–H groups in total. The van der Waals surface area contributed by atoms with Gasteiger partial charge in [0.2, 0.25) is 0 Å². The van der Waals surface area contributed by atoms with E-state index in [1.807, 2.05) is 0 Å². The van der Waals surface area contributed by atoms with Crippen molar-refractivity contribution < 1.29 is 0 Å². The van der Waals surface area contributed by atoms with Gasteiger partial charge in [-0.3, -0.25) is 0 Å². The topological polar surface area (TPSA) is 29.3 Å². The van der Waals surface area contributed by atoms with Crippen molar-refractivity contribution in [2.24, 2.45) is 17.6 Å². The lowest BCUT2D eigenvalue weighted by Gasteiger charge is -2.41. The van der Waals surface area contributed by atoms with Gasteiger partial charge in [-0.1, -0.05) is 6.92 Å². The van der Waals surface area contributed by atoms with E-state index in [1.165, 1.54) is 38.8 Å². The summed E-state index contributed by atoms with van der Waals surface area (Å²) < 4.78 is 0.